The van der Waals surface area contributed by atoms with E-state index < -0.39 is 11.6 Å². The first kappa shape index (κ1) is 26.7. The van der Waals surface area contributed by atoms with Crippen LogP contribution in [-0.2, 0) is 4.74 Å². The van der Waals surface area contributed by atoms with Crippen molar-refractivity contribution >= 4 is 27.5 Å². The zero-order valence-corrected chi connectivity index (χ0v) is 24.0. The number of piperidine rings is 1. The lowest BCUT2D eigenvalue weighted by atomic mass is 9.86. The minimum Gasteiger partial charge on any atom is -0.461 e. The minimum atomic E-state index is -0.612. The van der Waals surface area contributed by atoms with Gasteiger partial charge in [-0.2, -0.15) is 9.97 Å². The maximum Gasteiger partial charge on any atom is 0.319 e. The number of terminal acetylenes is 1. The van der Waals surface area contributed by atoms with E-state index in [2.05, 4.69) is 25.7 Å². The second kappa shape index (κ2) is 10.1. The molecule has 0 radical (unpaired) electrons. The summed E-state index contributed by atoms with van der Waals surface area (Å²) < 4.78 is 43.9. The van der Waals surface area contributed by atoms with Crippen LogP contribution in [0.15, 0.2) is 36.5 Å². The second-order valence-corrected chi connectivity index (χ2v) is 12.5. The van der Waals surface area contributed by atoms with Gasteiger partial charge in [0, 0.05) is 36.7 Å². The Morgan fingerprint density at radius 3 is 2.58 bits per heavy atom. The third-order valence-corrected chi connectivity index (χ3v) is 10.1. The van der Waals surface area contributed by atoms with Gasteiger partial charge in [-0.1, -0.05) is 30.2 Å². The highest BCUT2D eigenvalue weighted by atomic mass is 19.1. The van der Waals surface area contributed by atoms with Crippen LogP contribution in [0.5, 0.6) is 6.01 Å². The maximum atomic E-state index is 16.7. The van der Waals surface area contributed by atoms with E-state index in [9.17, 15) is 4.39 Å². The maximum absolute atomic E-state index is 16.7. The Kier molecular flexibility index (Phi) is 6.28. The van der Waals surface area contributed by atoms with E-state index in [1.165, 1.54) is 6.07 Å². The SMILES string of the molecule is C#Cc1c(F)ccc2cccc(-c3ncc4c(N5CCCC6(CCO6)C5)nc(OCC56CCCN5CCC6)nc4c3F)c12. The van der Waals surface area contributed by atoms with Crippen LogP contribution in [0.4, 0.5) is 14.6 Å². The molecule has 7 nitrogen and oxygen atoms in total. The van der Waals surface area contributed by atoms with Crippen molar-refractivity contribution in [1.29, 1.82) is 0 Å². The molecule has 0 aliphatic carbocycles. The molecule has 4 aliphatic rings. The van der Waals surface area contributed by atoms with Gasteiger partial charge in [0.25, 0.3) is 0 Å². The number of anilines is 1. The number of halogens is 2. The number of benzene rings is 2. The Morgan fingerprint density at radius 2 is 1.81 bits per heavy atom. The summed E-state index contributed by atoms with van der Waals surface area (Å²) in [5, 5.41) is 1.66. The Bertz CT molecular complexity index is 1790. The quantitative estimate of drug-likeness (QED) is 0.273. The van der Waals surface area contributed by atoms with Crippen LogP contribution in [0.25, 0.3) is 32.9 Å². The Balaban J connectivity index is 1.27. The van der Waals surface area contributed by atoms with Crippen molar-refractivity contribution in [2.45, 2.75) is 56.1 Å². The molecule has 4 aromatic rings. The standard InChI is InChI=1S/C34H33F2N5O2/c1-2-23-26(35)10-9-22-7-3-8-24(27(22)23)29-28(36)30-25(19-37-29)31(40-15-6-13-34(20-40)14-18-43-34)39-32(38-30)42-21-33-11-4-16-41(33)17-5-12-33/h1,3,7-10,19H,4-6,11-18,20-21H2. The van der Waals surface area contributed by atoms with Crippen molar-refractivity contribution < 1.29 is 18.3 Å². The molecule has 0 bridgehead atoms. The molecule has 43 heavy (non-hydrogen) atoms. The number of hydrogen-bond acceptors (Lipinski definition) is 7. The fourth-order valence-electron chi connectivity index (χ4n) is 7.86. The highest BCUT2D eigenvalue weighted by Gasteiger charge is 2.45. The summed E-state index contributed by atoms with van der Waals surface area (Å²) in [6, 6.07) is 8.48. The molecule has 8 rings (SSSR count). The largest absolute Gasteiger partial charge is 0.461 e. The Morgan fingerprint density at radius 1 is 1.00 bits per heavy atom. The van der Waals surface area contributed by atoms with E-state index in [0.717, 1.165) is 71.2 Å². The predicted octanol–water partition coefficient (Wildman–Crippen LogP) is 5.87. The predicted molar refractivity (Wildman–Crippen MR) is 161 cm³/mol. The van der Waals surface area contributed by atoms with E-state index >= 15 is 4.39 Å². The van der Waals surface area contributed by atoms with Gasteiger partial charge >= 0.3 is 6.01 Å². The summed E-state index contributed by atoms with van der Waals surface area (Å²) in [4.78, 5) is 18.8. The highest BCUT2D eigenvalue weighted by Crippen LogP contribution is 2.42. The van der Waals surface area contributed by atoms with Gasteiger partial charge in [0.2, 0.25) is 0 Å². The molecule has 0 N–H and O–H groups in total. The van der Waals surface area contributed by atoms with Gasteiger partial charge in [-0.3, -0.25) is 9.88 Å². The van der Waals surface area contributed by atoms with Crippen LogP contribution < -0.4 is 9.64 Å². The van der Waals surface area contributed by atoms with E-state index in [-0.39, 0.29) is 33.9 Å². The van der Waals surface area contributed by atoms with Gasteiger partial charge in [0.05, 0.1) is 28.7 Å². The molecule has 6 heterocycles. The van der Waals surface area contributed by atoms with Crippen LogP contribution in [-0.4, -0.2) is 70.4 Å². The number of pyridine rings is 1. The number of aromatic nitrogens is 3. The molecule has 1 unspecified atom stereocenters. The molecular formula is C34H33F2N5O2. The van der Waals surface area contributed by atoms with Crippen molar-refractivity contribution in [3.05, 3.63) is 53.7 Å². The van der Waals surface area contributed by atoms with Crippen LogP contribution in [0.3, 0.4) is 0 Å². The van der Waals surface area contributed by atoms with Crippen molar-refractivity contribution in [2.24, 2.45) is 0 Å². The average molecular weight is 582 g/mol. The normalized spacial score (nSPS) is 23.0. The molecule has 1 spiro atoms. The Labute approximate surface area is 249 Å². The molecule has 220 valence electrons. The molecule has 4 aliphatic heterocycles. The zero-order valence-electron chi connectivity index (χ0n) is 24.0. The molecule has 0 saturated carbocycles. The van der Waals surface area contributed by atoms with E-state index in [1.807, 2.05) is 6.07 Å². The third-order valence-electron chi connectivity index (χ3n) is 10.1. The van der Waals surface area contributed by atoms with Crippen molar-refractivity contribution in [3.8, 4) is 29.6 Å². The monoisotopic (exact) mass is 581 g/mol. The molecule has 2 aromatic heterocycles. The summed E-state index contributed by atoms with van der Waals surface area (Å²) in [5.74, 6) is 1.91. The van der Waals surface area contributed by atoms with Crippen molar-refractivity contribution in [1.82, 2.24) is 19.9 Å². The first-order valence-electron chi connectivity index (χ1n) is 15.3. The molecule has 2 aromatic carbocycles. The molecule has 4 saturated heterocycles. The minimum absolute atomic E-state index is 0.00592. The summed E-state index contributed by atoms with van der Waals surface area (Å²) in [5.41, 5.74) is 0.491. The summed E-state index contributed by atoms with van der Waals surface area (Å²) >= 11 is 0. The molecule has 1 atom stereocenters. The molecule has 4 fully saturated rings. The fourth-order valence-corrected chi connectivity index (χ4v) is 7.86. The third kappa shape index (κ3) is 4.26. The lowest BCUT2D eigenvalue weighted by Gasteiger charge is -2.48. The summed E-state index contributed by atoms with van der Waals surface area (Å²) in [6.45, 7) is 4.84. The average Bonchev–Trinajstić information content (AvgIpc) is 3.60. The van der Waals surface area contributed by atoms with Gasteiger partial charge in [0.15, 0.2) is 5.82 Å². The van der Waals surface area contributed by atoms with Gasteiger partial charge in [-0.05, 0) is 63.1 Å². The zero-order chi connectivity index (χ0) is 29.2. The van der Waals surface area contributed by atoms with Crippen molar-refractivity contribution in [2.75, 3.05) is 44.3 Å². The summed E-state index contributed by atoms with van der Waals surface area (Å²) in [7, 11) is 0. The van der Waals surface area contributed by atoms with Gasteiger partial charge in [-0.15, -0.1) is 6.42 Å². The number of nitrogens with zero attached hydrogens (tertiary/aromatic N) is 5. The number of hydrogen-bond donors (Lipinski definition) is 0. The van der Waals surface area contributed by atoms with Gasteiger partial charge < -0.3 is 14.4 Å². The van der Waals surface area contributed by atoms with Crippen LogP contribution >= 0.6 is 0 Å². The van der Waals surface area contributed by atoms with Crippen LogP contribution in [0.1, 0.15) is 50.5 Å². The number of ether oxygens (including phenoxy) is 2. The molecule has 9 heteroatoms. The summed E-state index contributed by atoms with van der Waals surface area (Å²) in [6.07, 6.45) is 14.7. The van der Waals surface area contributed by atoms with Crippen LogP contribution in [0.2, 0.25) is 0 Å². The van der Waals surface area contributed by atoms with Gasteiger partial charge in [0.1, 0.15) is 29.5 Å². The van der Waals surface area contributed by atoms with E-state index in [0.29, 0.717) is 40.7 Å². The number of rotatable bonds is 5. The first-order chi connectivity index (χ1) is 21.0. The highest BCUT2D eigenvalue weighted by molar-refractivity contribution is 6.02. The van der Waals surface area contributed by atoms with Crippen LogP contribution in [0, 0.1) is 24.0 Å². The lowest BCUT2D eigenvalue weighted by Crippen LogP contribution is -2.56. The lowest BCUT2D eigenvalue weighted by molar-refractivity contribution is -0.151. The topological polar surface area (TPSA) is 63.6 Å². The van der Waals surface area contributed by atoms with E-state index in [4.69, 9.17) is 20.9 Å². The second-order valence-electron chi connectivity index (χ2n) is 12.5. The Hall–Kier alpha value is -3.87. The fraction of sp³-hybridized carbons (Fsp3) is 0.441. The van der Waals surface area contributed by atoms with Gasteiger partial charge in [-0.25, -0.2) is 8.78 Å². The smallest absolute Gasteiger partial charge is 0.319 e. The molecule has 0 amide bonds. The molecular weight excluding hydrogens is 548 g/mol. The number of fused-ring (bicyclic) bond motifs is 3. The van der Waals surface area contributed by atoms with E-state index in [1.54, 1.807) is 24.4 Å². The van der Waals surface area contributed by atoms with Crippen molar-refractivity contribution in [3.63, 3.8) is 0 Å². The first-order valence-corrected chi connectivity index (χ1v) is 15.3.